The Morgan fingerprint density at radius 3 is 2.84 bits per heavy atom. The summed E-state index contributed by atoms with van der Waals surface area (Å²) < 4.78 is 5.36. The summed E-state index contributed by atoms with van der Waals surface area (Å²) in [6.07, 6.45) is 12.1. The first-order valence-electron chi connectivity index (χ1n) is 9.94. The maximum atomic E-state index is 11.2. The second-order valence-corrected chi connectivity index (χ2v) is 7.31. The maximum Gasteiger partial charge on any atom is 0.304 e. The van der Waals surface area contributed by atoms with E-state index in [-0.39, 0.29) is 12.3 Å². The van der Waals surface area contributed by atoms with Crippen molar-refractivity contribution in [3.63, 3.8) is 0 Å². The third-order valence-corrected chi connectivity index (χ3v) is 5.13. The van der Waals surface area contributed by atoms with Gasteiger partial charge in [0.1, 0.15) is 0 Å². The second kappa shape index (κ2) is 11.2. The Kier molecular flexibility index (Phi) is 8.94. The van der Waals surface area contributed by atoms with Gasteiger partial charge in [0, 0.05) is 5.92 Å². The first-order valence-corrected chi connectivity index (χ1v) is 9.94. The number of carbonyl (C=O) groups is 1. The molecule has 1 unspecified atom stereocenters. The van der Waals surface area contributed by atoms with E-state index in [4.69, 9.17) is 4.52 Å². The first-order chi connectivity index (χ1) is 12.2. The number of nitrogens with one attached hydrogen (secondary N) is 1. The summed E-state index contributed by atoms with van der Waals surface area (Å²) in [6.45, 7) is 3.66. The zero-order valence-electron chi connectivity index (χ0n) is 15.5. The van der Waals surface area contributed by atoms with Gasteiger partial charge in [0.25, 0.3) is 0 Å². The number of carboxylic acid groups (broad SMARTS) is 1. The van der Waals surface area contributed by atoms with E-state index < -0.39 is 5.97 Å². The highest BCUT2D eigenvalue weighted by molar-refractivity contribution is 5.67. The summed E-state index contributed by atoms with van der Waals surface area (Å²) in [4.78, 5) is 15.6. The van der Waals surface area contributed by atoms with Gasteiger partial charge < -0.3 is 14.9 Å². The van der Waals surface area contributed by atoms with Gasteiger partial charge in [-0.3, -0.25) is 4.79 Å². The molecule has 0 amide bonds. The Labute approximate surface area is 150 Å². The topological polar surface area (TPSA) is 88.2 Å². The lowest BCUT2D eigenvalue weighted by molar-refractivity contribution is -0.137. The lowest BCUT2D eigenvalue weighted by Gasteiger charge is -2.21. The molecule has 6 heteroatoms. The van der Waals surface area contributed by atoms with Crippen molar-refractivity contribution in [2.75, 3.05) is 6.54 Å². The molecule has 1 saturated carbocycles. The molecule has 2 rings (SSSR count). The monoisotopic (exact) mass is 351 g/mol. The second-order valence-electron chi connectivity index (χ2n) is 7.31. The van der Waals surface area contributed by atoms with Gasteiger partial charge >= 0.3 is 5.97 Å². The molecule has 0 spiro atoms. The van der Waals surface area contributed by atoms with Gasteiger partial charge in [-0.05, 0) is 25.3 Å². The number of rotatable bonds is 12. The molecule has 0 bridgehead atoms. The number of nitrogens with zero attached hydrogens (tertiary/aromatic N) is 2. The van der Waals surface area contributed by atoms with Crippen LogP contribution in [0.5, 0.6) is 0 Å². The highest BCUT2D eigenvalue weighted by Crippen LogP contribution is 2.31. The van der Waals surface area contributed by atoms with Crippen molar-refractivity contribution >= 4 is 5.97 Å². The molecular weight excluding hydrogens is 318 g/mol. The van der Waals surface area contributed by atoms with Gasteiger partial charge in [-0.25, -0.2) is 0 Å². The summed E-state index contributed by atoms with van der Waals surface area (Å²) >= 11 is 0. The number of unbranched alkanes of at least 4 members (excludes halogenated alkanes) is 1. The number of hydrogen-bond acceptors (Lipinski definition) is 5. The summed E-state index contributed by atoms with van der Waals surface area (Å²) in [5.41, 5.74) is 0. The van der Waals surface area contributed by atoms with E-state index in [1.807, 2.05) is 0 Å². The van der Waals surface area contributed by atoms with Crippen LogP contribution in [0.15, 0.2) is 4.52 Å². The molecule has 6 nitrogen and oxygen atoms in total. The molecule has 0 aromatic carbocycles. The fourth-order valence-electron chi connectivity index (χ4n) is 3.66. The molecule has 1 heterocycles. The highest BCUT2D eigenvalue weighted by atomic mass is 16.5. The maximum absolute atomic E-state index is 11.2. The Hall–Kier alpha value is -1.43. The molecule has 0 radical (unpaired) electrons. The van der Waals surface area contributed by atoms with Crippen LogP contribution < -0.4 is 5.32 Å². The largest absolute Gasteiger partial charge is 0.481 e. The zero-order chi connectivity index (χ0) is 17.9. The van der Waals surface area contributed by atoms with Gasteiger partial charge in [-0.2, -0.15) is 4.98 Å². The SMILES string of the molecule is CCCCNCc1noc(C(CCCC2CCCCC2)CC(=O)O)n1. The highest BCUT2D eigenvalue weighted by Gasteiger charge is 2.23. The fourth-order valence-corrected chi connectivity index (χ4v) is 3.66. The number of aliphatic carboxylic acids is 1. The third kappa shape index (κ3) is 7.55. The van der Waals surface area contributed by atoms with Crippen molar-refractivity contribution in [1.82, 2.24) is 15.5 Å². The minimum Gasteiger partial charge on any atom is -0.481 e. The molecule has 142 valence electrons. The number of hydrogen-bond donors (Lipinski definition) is 2. The summed E-state index contributed by atoms with van der Waals surface area (Å²) in [7, 11) is 0. The van der Waals surface area contributed by atoms with E-state index in [1.54, 1.807) is 0 Å². The van der Waals surface area contributed by atoms with Gasteiger partial charge in [-0.15, -0.1) is 0 Å². The van der Waals surface area contributed by atoms with Crippen molar-refractivity contribution < 1.29 is 14.4 Å². The van der Waals surface area contributed by atoms with Crippen LogP contribution in [0, 0.1) is 5.92 Å². The van der Waals surface area contributed by atoms with Crippen molar-refractivity contribution in [2.24, 2.45) is 5.92 Å². The molecule has 1 atom stereocenters. The minimum absolute atomic E-state index is 0.0650. The van der Waals surface area contributed by atoms with E-state index in [1.165, 1.54) is 38.5 Å². The van der Waals surface area contributed by atoms with E-state index >= 15 is 0 Å². The van der Waals surface area contributed by atoms with Crippen molar-refractivity contribution in [3.8, 4) is 0 Å². The van der Waals surface area contributed by atoms with Crippen molar-refractivity contribution in [2.45, 2.75) is 90.0 Å². The number of aromatic nitrogens is 2. The first kappa shape index (κ1) is 19.9. The molecule has 25 heavy (non-hydrogen) atoms. The molecule has 1 aliphatic carbocycles. The summed E-state index contributed by atoms with van der Waals surface area (Å²) in [5, 5.41) is 16.5. The van der Waals surface area contributed by atoms with Crippen molar-refractivity contribution in [3.05, 3.63) is 11.7 Å². The van der Waals surface area contributed by atoms with E-state index in [0.29, 0.717) is 18.3 Å². The smallest absolute Gasteiger partial charge is 0.304 e. The molecule has 0 saturated heterocycles. The minimum atomic E-state index is -0.802. The fraction of sp³-hybridized carbons (Fsp3) is 0.842. The lowest BCUT2D eigenvalue weighted by atomic mass is 9.84. The van der Waals surface area contributed by atoms with Gasteiger partial charge in [0.05, 0.1) is 13.0 Å². The van der Waals surface area contributed by atoms with Gasteiger partial charge in [0.15, 0.2) is 5.82 Å². The molecule has 1 aromatic heterocycles. The Morgan fingerprint density at radius 1 is 1.32 bits per heavy atom. The Balaban J connectivity index is 1.81. The standard InChI is InChI=1S/C19H33N3O3/c1-2-3-12-20-14-17-21-19(25-22-17)16(13-18(23)24)11-7-10-15-8-5-4-6-9-15/h15-16,20H,2-14H2,1H3,(H,23,24). The predicted octanol–water partition coefficient (Wildman–Crippen LogP) is 4.27. The Bertz CT molecular complexity index is 498. The average molecular weight is 351 g/mol. The van der Waals surface area contributed by atoms with Crippen LogP contribution in [0.3, 0.4) is 0 Å². The molecule has 1 aromatic rings. The van der Waals surface area contributed by atoms with Gasteiger partial charge in [0.2, 0.25) is 5.89 Å². The zero-order valence-corrected chi connectivity index (χ0v) is 15.5. The summed E-state index contributed by atoms with van der Waals surface area (Å²) in [6, 6.07) is 0. The van der Waals surface area contributed by atoms with Crippen LogP contribution in [0.4, 0.5) is 0 Å². The average Bonchev–Trinajstić information content (AvgIpc) is 3.07. The molecule has 0 aliphatic heterocycles. The van der Waals surface area contributed by atoms with Crippen LogP contribution in [0.1, 0.15) is 95.2 Å². The lowest BCUT2D eigenvalue weighted by Crippen LogP contribution is -2.15. The molecule has 2 N–H and O–H groups in total. The van der Waals surface area contributed by atoms with Crippen LogP contribution in [-0.2, 0) is 11.3 Å². The quantitative estimate of drug-likeness (QED) is 0.547. The predicted molar refractivity (Wildman–Crippen MR) is 96.3 cm³/mol. The van der Waals surface area contributed by atoms with E-state index in [2.05, 4.69) is 22.4 Å². The molecule has 1 fully saturated rings. The normalized spacial score (nSPS) is 16.8. The third-order valence-electron chi connectivity index (χ3n) is 5.13. The summed E-state index contributed by atoms with van der Waals surface area (Å²) in [5.74, 6) is 0.953. The van der Waals surface area contributed by atoms with Crippen LogP contribution in [-0.4, -0.2) is 27.8 Å². The van der Waals surface area contributed by atoms with Crippen LogP contribution >= 0.6 is 0 Å². The van der Waals surface area contributed by atoms with Crippen molar-refractivity contribution in [1.29, 1.82) is 0 Å². The van der Waals surface area contributed by atoms with E-state index in [9.17, 15) is 9.90 Å². The number of carboxylic acids is 1. The van der Waals surface area contributed by atoms with Gasteiger partial charge in [-0.1, -0.05) is 63.4 Å². The molecule has 1 aliphatic rings. The Morgan fingerprint density at radius 2 is 2.12 bits per heavy atom. The van der Waals surface area contributed by atoms with Crippen LogP contribution in [0.25, 0.3) is 0 Å². The molecular formula is C19H33N3O3. The van der Waals surface area contributed by atoms with E-state index in [0.717, 1.165) is 38.1 Å². The van der Waals surface area contributed by atoms with Crippen LogP contribution in [0.2, 0.25) is 0 Å².